The first-order chi connectivity index (χ1) is 8.69. The van der Waals surface area contributed by atoms with Crippen LogP contribution in [0.1, 0.15) is 13.8 Å². The summed E-state index contributed by atoms with van der Waals surface area (Å²) in [6, 6.07) is 7.83. The number of ether oxygens (including phenoxy) is 1. The number of rotatable bonds is 5. The summed E-state index contributed by atoms with van der Waals surface area (Å²) in [5.74, 6) is 2.28. The zero-order valence-electron chi connectivity index (χ0n) is 11.1. The van der Waals surface area contributed by atoms with E-state index < -0.39 is 0 Å². The molecule has 0 saturated carbocycles. The molecule has 0 radical (unpaired) electrons. The number of imidazole rings is 1. The summed E-state index contributed by atoms with van der Waals surface area (Å²) in [6.45, 7) is 5.33. The molecule has 0 saturated heterocycles. The van der Waals surface area contributed by atoms with Crippen LogP contribution in [-0.4, -0.2) is 16.7 Å². The van der Waals surface area contributed by atoms with Gasteiger partial charge in [-0.1, -0.05) is 19.9 Å². The number of benzene rings is 1. The summed E-state index contributed by atoms with van der Waals surface area (Å²) in [4.78, 5) is 4.33. The van der Waals surface area contributed by atoms with Crippen molar-refractivity contribution in [3.8, 4) is 5.75 Å². The molecule has 0 bridgehead atoms. The highest BCUT2D eigenvalue weighted by Crippen LogP contribution is 2.20. The van der Waals surface area contributed by atoms with Crippen LogP contribution < -0.4 is 10.1 Å². The van der Waals surface area contributed by atoms with Crippen LogP contribution in [0.4, 0.5) is 11.6 Å². The van der Waals surface area contributed by atoms with Crippen LogP contribution >= 0.6 is 0 Å². The van der Waals surface area contributed by atoms with Crippen LogP contribution in [0.15, 0.2) is 36.7 Å². The lowest BCUT2D eigenvalue weighted by Gasteiger charge is -2.12. The van der Waals surface area contributed by atoms with Gasteiger partial charge in [-0.2, -0.15) is 0 Å². The normalized spacial score (nSPS) is 10.7. The van der Waals surface area contributed by atoms with E-state index >= 15 is 0 Å². The van der Waals surface area contributed by atoms with Gasteiger partial charge in [-0.15, -0.1) is 0 Å². The molecule has 0 aliphatic carbocycles. The fourth-order valence-electron chi connectivity index (χ4n) is 1.80. The highest BCUT2D eigenvalue weighted by molar-refractivity contribution is 5.56. The zero-order valence-corrected chi connectivity index (χ0v) is 11.1. The molecule has 0 amide bonds. The zero-order chi connectivity index (χ0) is 13.0. The highest BCUT2D eigenvalue weighted by Gasteiger charge is 2.05. The average Bonchev–Trinajstić information content (AvgIpc) is 2.76. The predicted octanol–water partition coefficient (Wildman–Crippen LogP) is 3.29. The van der Waals surface area contributed by atoms with E-state index in [1.165, 1.54) is 0 Å². The Bertz CT molecular complexity index is 505. The van der Waals surface area contributed by atoms with Gasteiger partial charge in [-0.3, -0.25) is 0 Å². The van der Waals surface area contributed by atoms with E-state index in [-0.39, 0.29) is 0 Å². The molecule has 0 atom stereocenters. The summed E-state index contributed by atoms with van der Waals surface area (Å²) in [5, 5.41) is 3.30. The molecule has 0 unspecified atom stereocenters. The second-order valence-electron chi connectivity index (χ2n) is 4.65. The highest BCUT2D eigenvalue weighted by atomic mass is 16.5. The third-order valence-corrected chi connectivity index (χ3v) is 2.60. The number of methoxy groups -OCH3 is 1. The summed E-state index contributed by atoms with van der Waals surface area (Å²) in [7, 11) is 1.67. The monoisotopic (exact) mass is 245 g/mol. The van der Waals surface area contributed by atoms with Crippen LogP contribution in [0.3, 0.4) is 0 Å². The molecule has 1 N–H and O–H groups in total. The molecule has 18 heavy (non-hydrogen) atoms. The number of nitrogens with zero attached hydrogens (tertiary/aromatic N) is 2. The van der Waals surface area contributed by atoms with Gasteiger partial charge < -0.3 is 14.6 Å². The third-order valence-electron chi connectivity index (χ3n) is 2.60. The topological polar surface area (TPSA) is 39.1 Å². The van der Waals surface area contributed by atoms with Crippen LogP contribution in [0.2, 0.25) is 0 Å². The Kier molecular flexibility index (Phi) is 3.87. The van der Waals surface area contributed by atoms with Crippen molar-refractivity contribution in [3.63, 3.8) is 0 Å². The molecule has 0 spiro atoms. The number of aromatic nitrogens is 2. The lowest BCUT2D eigenvalue weighted by Crippen LogP contribution is -2.07. The third kappa shape index (κ3) is 3.03. The Hall–Kier alpha value is -1.97. The van der Waals surface area contributed by atoms with Crippen molar-refractivity contribution >= 4 is 11.6 Å². The number of hydrogen-bond donors (Lipinski definition) is 1. The average molecular weight is 245 g/mol. The van der Waals surface area contributed by atoms with Crippen LogP contribution in [0, 0.1) is 5.92 Å². The van der Waals surface area contributed by atoms with Gasteiger partial charge >= 0.3 is 0 Å². The van der Waals surface area contributed by atoms with Gasteiger partial charge in [-0.25, -0.2) is 4.98 Å². The first kappa shape index (κ1) is 12.5. The van der Waals surface area contributed by atoms with Gasteiger partial charge in [-0.05, 0) is 18.1 Å². The van der Waals surface area contributed by atoms with Crippen molar-refractivity contribution in [1.29, 1.82) is 0 Å². The Morgan fingerprint density at radius 3 is 2.94 bits per heavy atom. The summed E-state index contributed by atoms with van der Waals surface area (Å²) in [5.41, 5.74) is 0.977. The molecule has 2 rings (SSSR count). The summed E-state index contributed by atoms with van der Waals surface area (Å²) in [6.07, 6.45) is 3.80. The van der Waals surface area contributed by atoms with Gasteiger partial charge in [0, 0.05) is 30.7 Å². The quantitative estimate of drug-likeness (QED) is 0.878. The second kappa shape index (κ2) is 5.58. The number of nitrogens with one attached hydrogen (secondary N) is 1. The minimum atomic E-state index is 0.588. The van der Waals surface area contributed by atoms with Gasteiger partial charge in [0.2, 0.25) is 5.95 Å². The molecular weight excluding hydrogens is 226 g/mol. The smallest absolute Gasteiger partial charge is 0.207 e. The lowest BCUT2D eigenvalue weighted by atomic mass is 10.2. The first-order valence-corrected chi connectivity index (χ1v) is 6.11. The van der Waals surface area contributed by atoms with Gasteiger partial charge in [0.15, 0.2) is 0 Å². The van der Waals surface area contributed by atoms with E-state index in [4.69, 9.17) is 4.74 Å². The largest absolute Gasteiger partial charge is 0.497 e. The second-order valence-corrected chi connectivity index (χ2v) is 4.65. The van der Waals surface area contributed by atoms with E-state index in [2.05, 4.69) is 28.7 Å². The minimum absolute atomic E-state index is 0.588. The first-order valence-electron chi connectivity index (χ1n) is 6.11. The standard InChI is InChI=1S/C14H19N3O/c1-11(2)10-17-8-7-15-14(17)16-12-5-4-6-13(9-12)18-3/h4-9,11H,10H2,1-3H3,(H,15,16). The lowest BCUT2D eigenvalue weighted by molar-refractivity contribution is 0.415. The fourth-order valence-corrected chi connectivity index (χ4v) is 1.80. The maximum absolute atomic E-state index is 5.20. The molecule has 1 aromatic carbocycles. The molecule has 1 aromatic heterocycles. The van der Waals surface area contributed by atoms with Gasteiger partial charge in [0.25, 0.3) is 0 Å². The minimum Gasteiger partial charge on any atom is -0.497 e. The van der Waals surface area contributed by atoms with E-state index in [1.807, 2.05) is 36.7 Å². The van der Waals surface area contributed by atoms with E-state index in [9.17, 15) is 0 Å². The molecule has 4 heteroatoms. The van der Waals surface area contributed by atoms with Gasteiger partial charge in [0.05, 0.1) is 7.11 Å². The van der Waals surface area contributed by atoms with Crippen molar-refractivity contribution in [2.45, 2.75) is 20.4 Å². The Morgan fingerprint density at radius 2 is 2.22 bits per heavy atom. The fraction of sp³-hybridized carbons (Fsp3) is 0.357. The maximum atomic E-state index is 5.20. The molecule has 0 aliphatic heterocycles. The van der Waals surface area contributed by atoms with Crippen LogP contribution in [0.25, 0.3) is 0 Å². The molecular formula is C14H19N3O. The Labute approximate surface area is 108 Å². The molecule has 4 nitrogen and oxygen atoms in total. The Morgan fingerprint density at radius 1 is 1.39 bits per heavy atom. The van der Waals surface area contributed by atoms with Gasteiger partial charge in [0.1, 0.15) is 5.75 Å². The number of hydrogen-bond acceptors (Lipinski definition) is 3. The van der Waals surface area contributed by atoms with Crippen LogP contribution in [0.5, 0.6) is 5.75 Å². The summed E-state index contributed by atoms with van der Waals surface area (Å²) >= 11 is 0. The van der Waals surface area contributed by atoms with Crippen molar-refractivity contribution in [1.82, 2.24) is 9.55 Å². The molecule has 2 aromatic rings. The van der Waals surface area contributed by atoms with E-state index in [0.717, 1.165) is 23.9 Å². The Balaban J connectivity index is 2.15. The molecule has 1 heterocycles. The SMILES string of the molecule is COc1cccc(Nc2nccn2CC(C)C)c1. The van der Waals surface area contributed by atoms with Crippen LogP contribution in [-0.2, 0) is 6.54 Å². The van der Waals surface area contributed by atoms with Crippen molar-refractivity contribution in [2.24, 2.45) is 5.92 Å². The van der Waals surface area contributed by atoms with Crippen molar-refractivity contribution < 1.29 is 4.74 Å². The molecule has 96 valence electrons. The predicted molar refractivity (Wildman–Crippen MR) is 73.3 cm³/mol. The summed E-state index contributed by atoms with van der Waals surface area (Å²) < 4.78 is 7.32. The van der Waals surface area contributed by atoms with E-state index in [0.29, 0.717) is 5.92 Å². The van der Waals surface area contributed by atoms with Crippen molar-refractivity contribution in [3.05, 3.63) is 36.7 Å². The maximum Gasteiger partial charge on any atom is 0.207 e. The van der Waals surface area contributed by atoms with Crippen molar-refractivity contribution in [2.75, 3.05) is 12.4 Å². The van der Waals surface area contributed by atoms with E-state index in [1.54, 1.807) is 7.11 Å². The number of anilines is 2. The molecule has 0 aliphatic rings. The molecule has 0 fully saturated rings.